The van der Waals surface area contributed by atoms with E-state index in [0.29, 0.717) is 6.54 Å². The van der Waals surface area contributed by atoms with Crippen LogP contribution in [-0.4, -0.2) is 33.9 Å². The molecule has 0 spiro atoms. The summed E-state index contributed by atoms with van der Waals surface area (Å²) in [5.41, 5.74) is 5.39. The lowest BCUT2D eigenvalue weighted by atomic mass is 10.3. The first-order chi connectivity index (χ1) is 8.95. The predicted molar refractivity (Wildman–Crippen MR) is 69.6 cm³/mol. The number of nitrogens with zero attached hydrogens (tertiary/aromatic N) is 3. The van der Waals surface area contributed by atoms with Crippen molar-refractivity contribution < 1.29 is 9.72 Å². The molecule has 19 heavy (non-hydrogen) atoms. The van der Waals surface area contributed by atoms with E-state index in [0.717, 1.165) is 0 Å². The molecule has 1 aromatic rings. The fourth-order valence-electron chi connectivity index (χ4n) is 1.51. The zero-order valence-corrected chi connectivity index (χ0v) is 10.8. The highest BCUT2D eigenvalue weighted by atomic mass is 16.6. The van der Waals surface area contributed by atoms with Crippen molar-refractivity contribution in [3.05, 3.63) is 15.8 Å². The molecular formula is C10H16N6O3. The largest absolute Gasteiger partial charge is 0.368 e. The minimum Gasteiger partial charge on any atom is -0.368 e. The highest BCUT2D eigenvalue weighted by Gasteiger charge is 2.21. The lowest BCUT2D eigenvalue weighted by Gasteiger charge is -2.08. The van der Waals surface area contributed by atoms with Gasteiger partial charge in [0.2, 0.25) is 17.7 Å². The summed E-state index contributed by atoms with van der Waals surface area (Å²) < 4.78 is 0. The fraction of sp³-hybridized carbons (Fsp3) is 0.500. The van der Waals surface area contributed by atoms with Gasteiger partial charge in [-0.1, -0.05) is 0 Å². The summed E-state index contributed by atoms with van der Waals surface area (Å²) in [7, 11) is 0. The molecule has 0 unspecified atom stereocenters. The van der Waals surface area contributed by atoms with E-state index in [4.69, 9.17) is 5.73 Å². The molecule has 0 aromatic carbocycles. The first kappa shape index (κ1) is 14.6. The molecule has 1 aromatic heterocycles. The third-order valence-corrected chi connectivity index (χ3v) is 2.28. The number of hydrogen-bond acceptors (Lipinski definition) is 7. The summed E-state index contributed by atoms with van der Waals surface area (Å²) in [4.78, 5) is 29.1. The summed E-state index contributed by atoms with van der Waals surface area (Å²) in [6.45, 7) is 4.05. The zero-order chi connectivity index (χ0) is 14.4. The van der Waals surface area contributed by atoms with Crippen molar-refractivity contribution in [3.63, 3.8) is 0 Å². The Balaban J connectivity index is 2.77. The molecule has 1 amide bonds. The Kier molecular flexibility index (Phi) is 4.98. The number of amides is 1. The Labute approximate surface area is 109 Å². The molecule has 0 radical (unpaired) electrons. The van der Waals surface area contributed by atoms with Crippen LogP contribution in [0.5, 0.6) is 0 Å². The van der Waals surface area contributed by atoms with Crippen molar-refractivity contribution in [2.24, 2.45) is 0 Å². The van der Waals surface area contributed by atoms with E-state index in [-0.39, 0.29) is 42.0 Å². The van der Waals surface area contributed by atoms with Crippen LogP contribution in [0.4, 0.5) is 17.5 Å². The van der Waals surface area contributed by atoms with Gasteiger partial charge in [0.15, 0.2) is 0 Å². The molecule has 9 heteroatoms. The van der Waals surface area contributed by atoms with Gasteiger partial charge in [-0.2, -0.15) is 4.98 Å². The van der Waals surface area contributed by atoms with Crippen LogP contribution in [0.3, 0.4) is 0 Å². The Hall–Kier alpha value is -2.45. The number of carbonyl (C=O) groups is 1. The van der Waals surface area contributed by atoms with Gasteiger partial charge < -0.3 is 16.4 Å². The van der Waals surface area contributed by atoms with Crippen LogP contribution in [-0.2, 0) is 4.79 Å². The highest BCUT2D eigenvalue weighted by molar-refractivity contribution is 5.76. The second-order valence-corrected chi connectivity index (χ2v) is 3.75. The molecule has 1 rings (SSSR count). The number of nitrogens with two attached hydrogens (primary N) is 1. The van der Waals surface area contributed by atoms with Gasteiger partial charge in [-0.25, -0.2) is 4.98 Å². The molecule has 0 aliphatic heterocycles. The van der Waals surface area contributed by atoms with Gasteiger partial charge in [0, 0.05) is 19.5 Å². The lowest BCUT2D eigenvalue weighted by Crippen LogP contribution is -2.25. The number of anilines is 2. The first-order valence-electron chi connectivity index (χ1n) is 5.74. The standard InChI is InChI=1S/C10H16N6O3/c1-3-12-7(17)4-5-13-9-8(16(18)19)6(2)14-10(11)15-9/h3-5H2,1-2H3,(H,12,17)(H3,11,13,14,15). The molecule has 0 saturated carbocycles. The van der Waals surface area contributed by atoms with E-state index in [1.165, 1.54) is 6.92 Å². The van der Waals surface area contributed by atoms with Crippen molar-refractivity contribution in [3.8, 4) is 0 Å². The highest BCUT2D eigenvalue weighted by Crippen LogP contribution is 2.25. The lowest BCUT2D eigenvalue weighted by molar-refractivity contribution is -0.385. The van der Waals surface area contributed by atoms with Crippen LogP contribution in [0.2, 0.25) is 0 Å². The van der Waals surface area contributed by atoms with Gasteiger partial charge in [0.25, 0.3) is 0 Å². The quantitative estimate of drug-likeness (QED) is 0.495. The smallest absolute Gasteiger partial charge is 0.332 e. The van der Waals surface area contributed by atoms with E-state index >= 15 is 0 Å². The monoisotopic (exact) mass is 268 g/mol. The third-order valence-electron chi connectivity index (χ3n) is 2.28. The normalized spacial score (nSPS) is 10.0. The van der Waals surface area contributed by atoms with Crippen LogP contribution in [0.15, 0.2) is 0 Å². The number of aryl methyl sites for hydroxylation is 1. The Morgan fingerprint density at radius 2 is 2.16 bits per heavy atom. The molecule has 0 atom stereocenters. The van der Waals surface area contributed by atoms with Crippen molar-refractivity contribution >= 4 is 23.4 Å². The maximum absolute atomic E-state index is 11.2. The molecule has 0 saturated heterocycles. The van der Waals surface area contributed by atoms with Gasteiger partial charge in [0.05, 0.1) is 4.92 Å². The summed E-state index contributed by atoms with van der Waals surface area (Å²) in [6.07, 6.45) is 0.188. The number of nitrogens with one attached hydrogen (secondary N) is 2. The summed E-state index contributed by atoms with van der Waals surface area (Å²) in [5, 5.41) is 16.3. The number of nitrogen functional groups attached to an aromatic ring is 1. The van der Waals surface area contributed by atoms with E-state index in [9.17, 15) is 14.9 Å². The van der Waals surface area contributed by atoms with Crippen LogP contribution in [0, 0.1) is 17.0 Å². The molecule has 0 fully saturated rings. The van der Waals surface area contributed by atoms with Crippen LogP contribution in [0.1, 0.15) is 19.0 Å². The minimum atomic E-state index is -0.580. The van der Waals surface area contributed by atoms with E-state index in [1.807, 2.05) is 6.92 Å². The topological polar surface area (TPSA) is 136 Å². The van der Waals surface area contributed by atoms with Gasteiger partial charge in [-0.05, 0) is 13.8 Å². The minimum absolute atomic E-state index is 0.0271. The number of aromatic nitrogens is 2. The molecule has 0 aliphatic carbocycles. The van der Waals surface area contributed by atoms with Gasteiger partial charge in [-0.3, -0.25) is 14.9 Å². The number of carbonyl (C=O) groups excluding carboxylic acids is 1. The molecule has 104 valence electrons. The van der Waals surface area contributed by atoms with E-state index in [1.54, 1.807) is 0 Å². The molecule has 0 aliphatic rings. The van der Waals surface area contributed by atoms with Crippen molar-refractivity contribution in [1.82, 2.24) is 15.3 Å². The second-order valence-electron chi connectivity index (χ2n) is 3.75. The van der Waals surface area contributed by atoms with Crippen molar-refractivity contribution in [2.45, 2.75) is 20.3 Å². The van der Waals surface area contributed by atoms with E-state index in [2.05, 4.69) is 20.6 Å². The van der Waals surface area contributed by atoms with Crippen molar-refractivity contribution in [1.29, 1.82) is 0 Å². The summed E-state index contributed by atoms with van der Waals surface area (Å²) in [5.74, 6) is -0.167. The van der Waals surface area contributed by atoms with Gasteiger partial charge in [0.1, 0.15) is 5.69 Å². The Morgan fingerprint density at radius 1 is 1.47 bits per heavy atom. The average molecular weight is 268 g/mol. The molecule has 4 N–H and O–H groups in total. The van der Waals surface area contributed by atoms with Crippen LogP contribution in [0.25, 0.3) is 0 Å². The molecule has 0 bridgehead atoms. The SMILES string of the molecule is CCNC(=O)CCNc1nc(N)nc(C)c1[N+](=O)[O-]. The van der Waals surface area contributed by atoms with Gasteiger partial charge >= 0.3 is 5.69 Å². The van der Waals surface area contributed by atoms with Crippen LogP contribution < -0.4 is 16.4 Å². The maximum atomic E-state index is 11.2. The fourth-order valence-corrected chi connectivity index (χ4v) is 1.51. The molecule has 9 nitrogen and oxygen atoms in total. The molecular weight excluding hydrogens is 252 g/mol. The Morgan fingerprint density at radius 3 is 2.74 bits per heavy atom. The molecule has 1 heterocycles. The number of rotatable bonds is 6. The number of hydrogen-bond donors (Lipinski definition) is 3. The van der Waals surface area contributed by atoms with Crippen molar-refractivity contribution in [2.75, 3.05) is 24.1 Å². The number of nitro groups is 1. The predicted octanol–water partition coefficient (Wildman–Crippen LogP) is 0.214. The summed E-state index contributed by atoms with van der Waals surface area (Å²) in [6, 6.07) is 0. The zero-order valence-electron chi connectivity index (χ0n) is 10.8. The third kappa shape index (κ3) is 4.05. The van der Waals surface area contributed by atoms with Gasteiger partial charge in [-0.15, -0.1) is 0 Å². The maximum Gasteiger partial charge on any atom is 0.332 e. The summed E-state index contributed by atoms with van der Waals surface area (Å²) >= 11 is 0. The second kappa shape index (κ2) is 6.47. The first-order valence-corrected chi connectivity index (χ1v) is 5.74. The Bertz CT molecular complexity index is 490. The van der Waals surface area contributed by atoms with E-state index < -0.39 is 4.92 Å². The van der Waals surface area contributed by atoms with Crippen LogP contribution >= 0.6 is 0 Å². The average Bonchev–Trinajstić information content (AvgIpc) is 2.27.